The van der Waals surface area contributed by atoms with Gasteiger partial charge in [-0.15, -0.1) is 0 Å². The number of hydrogen-bond donors (Lipinski definition) is 1. The molecule has 1 aliphatic heterocycles. The predicted octanol–water partition coefficient (Wildman–Crippen LogP) is 4.47. The number of halogens is 1. The van der Waals surface area contributed by atoms with Crippen molar-refractivity contribution in [2.45, 2.75) is 31.4 Å². The summed E-state index contributed by atoms with van der Waals surface area (Å²) < 4.78 is 39.4. The smallest absolute Gasteiger partial charge is 0.264 e. The number of fused-ring (bicyclic) bond motifs is 1. The zero-order valence-corrected chi connectivity index (χ0v) is 22.6. The van der Waals surface area contributed by atoms with Gasteiger partial charge in [-0.3, -0.25) is 9.10 Å². The first kappa shape index (κ1) is 26.6. The summed E-state index contributed by atoms with van der Waals surface area (Å²) in [5, 5.41) is 3.23. The lowest BCUT2D eigenvalue weighted by molar-refractivity contribution is -0.127. The number of benzene rings is 3. The van der Waals surface area contributed by atoms with Crippen LogP contribution in [0.5, 0.6) is 11.5 Å². The number of nitrogens with one attached hydrogen (secondary N) is 1. The molecular formula is C27H30ClN3O5S. The Labute approximate surface area is 222 Å². The van der Waals surface area contributed by atoms with E-state index in [0.29, 0.717) is 10.8 Å². The van der Waals surface area contributed by atoms with Crippen LogP contribution in [0.4, 0.5) is 11.4 Å². The molecule has 0 fully saturated rings. The first-order chi connectivity index (χ1) is 17.8. The molecule has 0 unspecified atom stereocenters. The molecule has 3 aromatic rings. The van der Waals surface area contributed by atoms with Crippen LogP contribution in [-0.4, -0.2) is 47.2 Å². The highest BCUT2D eigenvalue weighted by Gasteiger charge is 2.37. The number of anilines is 2. The molecule has 1 aliphatic rings. The molecule has 1 N–H and O–H groups in total. The Morgan fingerprint density at radius 2 is 1.76 bits per heavy atom. The van der Waals surface area contributed by atoms with Gasteiger partial charge in [0.15, 0.2) is 6.10 Å². The van der Waals surface area contributed by atoms with Crippen molar-refractivity contribution in [3.05, 3.63) is 77.3 Å². The molecule has 37 heavy (non-hydrogen) atoms. The summed E-state index contributed by atoms with van der Waals surface area (Å²) in [5.74, 6) is 0.381. The van der Waals surface area contributed by atoms with E-state index in [4.69, 9.17) is 21.1 Å². The zero-order valence-electron chi connectivity index (χ0n) is 21.0. The maximum atomic E-state index is 13.6. The van der Waals surface area contributed by atoms with Crippen molar-refractivity contribution in [2.75, 3.05) is 35.9 Å². The Bertz CT molecular complexity index is 1340. The molecular weight excluding hydrogens is 514 g/mol. The predicted molar refractivity (Wildman–Crippen MR) is 145 cm³/mol. The van der Waals surface area contributed by atoms with Crippen LogP contribution in [0.3, 0.4) is 0 Å². The summed E-state index contributed by atoms with van der Waals surface area (Å²) in [6, 6.07) is 18.7. The van der Waals surface area contributed by atoms with Crippen LogP contribution in [0.25, 0.3) is 0 Å². The molecule has 0 aromatic heterocycles. The number of carbonyl (C=O) groups excluding carboxylic acids is 1. The average molecular weight is 544 g/mol. The molecule has 8 nitrogen and oxygen atoms in total. The van der Waals surface area contributed by atoms with Gasteiger partial charge in [-0.25, -0.2) is 8.42 Å². The minimum Gasteiger partial charge on any atom is -0.497 e. The second kappa shape index (κ2) is 11.3. The molecule has 10 heteroatoms. The first-order valence-corrected chi connectivity index (χ1v) is 13.8. The highest BCUT2D eigenvalue weighted by atomic mass is 35.5. The maximum Gasteiger partial charge on any atom is 0.264 e. The summed E-state index contributed by atoms with van der Waals surface area (Å²) in [7, 11) is -2.51. The van der Waals surface area contributed by atoms with Gasteiger partial charge in [0.25, 0.3) is 15.9 Å². The van der Waals surface area contributed by atoms with Gasteiger partial charge in [0.05, 0.1) is 24.2 Å². The van der Waals surface area contributed by atoms with Gasteiger partial charge in [-0.2, -0.15) is 0 Å². The van der Waals surface area contributed by atoms with E-state index in [0.717, 1.165) is 24.3 Å². The van der Waals surface area contributed by atoms with Gasteiger partial charge in [0, 0.05) is 30.3 Å². The van der Waals surface area contributed by atoms with E-state index in [1.165, 1.54) is 29.6 Å². The van der Waals surface area contributed by atoms with Gasteiger partial charge in [0.1, 0.15) is 11.5 Å². The molecule has 0 spiro atoms. The van der Waals surface area contributed by atoms with Crippen LogP contribution in [0, 0.1) is 0 Å². The fraction of sp³-hybridized carbons (Fsp3) is 0.296. The quantitative estimate of drug-likeness (QED) is 0.428. The number of nitrogens with zero attached hydrogens (tertiary/aromatic N) is 2. The number of methoxy groups -OCH3 is 1. The van der Waals surface area contributed by atoms with Crippen LogP contribution in [0.2, 0.25) is 5.02 Å². The van der Waals surface area contributed by atoms with E-state index in [-0.39, 0.29) is 29.4 Å². The maximum absolute atomic E-state index is 13.6. The van der Waals surface area contributed by atoms with E-state index >= 15 is 0 Å². The highest BCUT2D eigenvalue weighted by Crippen LogP contribution is 2.39. The number of ether oxygens (including phenoxy) is 2. The van der Waals surface area contributed by atoms with Crippen molar-refractivity contribution in [3.8, 4) is 11.5 Å². The van der Waals surface area contributed by atoms with Crippen molar-refractivity contribution >= 4 is 38.9 Å². The fourth-order valence-electron chi connectivity index (χ4n) is 4.18. The summed E-state index contributed by atoms with van der Waals surface area (Å²) in [4.78, 5) is 15.4. The molecule has 0 bridgehead atoms. The number of carbonyl (C=O) groups is 1. The van der Waals surface area contributed by atoms with Gasteiger partial charge in [-0.1, -0.05) is 23.7 Å². The Morgan fingerprint density at radius 3 is 2.38 bits per heavy atom. The molecule has 1 amide bonds. The van der Waals surface area contributed by atoms with E-state index < -0.39 is 22.0 Å². The summed E-state index contributed by atoms with van der Waals surface area (Å²) >= 11 is 6.17. The van der Waals surface area contributed by atoms with E-state index in [2.05, 4.69) is 24.1 Å². The minimum atomic E-state index is -4.01. The lowest BCUT2D eigenvalue weighted by atomic mass is 10.1. The van der Waals surface area contributed by atoms with Crippen molar-refractivity contribution < 1.29 is 22.7 Å². The molecule has 1 atom stereocenters. The summed E-state index contributed by atoms with van der Waals surface area (Å²) in [6.07, 6.45) is -1.04. The second-order valence-corrected chi connectivity index (χ2v) is 10.8. The van der Waals surface area contributed by atoms with Crippen LogP contribution in [0.15, 0.2) is 71.6 Å². The third kappa shape index (κ3) is 5.78. The van der Waals surface area contributed by atoms with Gasteiger partial charge in [0.2, 0.25) is 0 Å². The van der Waals surface area contributed by atoms with Gasteiger partial charge in [-0.05, 0) is 74.0 Å². The molecule has 3 aromatic carbocycles. The standard InChI is InChI=1S/C27H30ClN3O5S/c1-4-30(5-2)21-9-6-19(7-10-21)17-29-27(32)26-18-31(24-16-20(28)8-15-25(24)36-26)37(33,34)23-13-11-22(35-3)12-14-23/h6-16,26H,4-5,17-18H2,1-3H3,(H,29,32)/t26-/m0/s1. The lowest BCUT2D eigenvalue weighted by Crippen LogP contribution is -2.50. The summed E-state index contributed by atoms with van der Waals surface area (Å²) in [5.41, 5.74) is 2.32. The summed E-state index contributed by atoms with van der Waals surface area (Å²) in [6.45, 7) is 6.12. The largest absolute Gasteiger partial charge is 0.497 e. The molecule has 196 valence electrons. The third-order valence-electron chi connectivity index (χ3n) is 6.26. The first-order valence-electron chi connectivity index (χ1n) is 12.0. The lowest BCUT2D eigenvalue weighted by Gasteiger charge is -2.35. The number of hydrogen-bond acceptors (Lipinski definition) is 6. The Hall–Kier alpha value is -3.43. The van der Waals surface area contributed by atoms with Gasteiger partial charge < -0.3 is 19.7 Å². The monoisotopic (exact) mass is 543 g/mol. The Kier molecular flexibility index (Phi) is 8.14. The molecule has 0 saturated carbocycles. The molecule has 0 radical (unpaired) electrons. The fourth-order valence-corrected chi connectivity index (χ4v) is 5.81. The topological polar surface area (TPSA) is 88.2 Å². The Balaban J connectivity index is 1.53. The SMILES string of the molecule is CCN(CC)c1ccc(CNC(=O)[C@@H]2CN(S(=O)(=O)c3ccc(OC)cc3)c3cc(Cl)ccc3O2)cc1. The highest BCUT2D eigenvalue weighted by molar-refractivity contribution is 7.92. The van der Waals surface area contributed by atoms with Crippen LogP contribution < -0.4 is 24.0 Å². The van der Waals surface area contributed by atoms with Crippen LogP contribution >= 0.6 is 11.6 Å². The zero-order chi connectivity index (χ0) is 26.6. The van der Waals surface area contributed by atoms with E-state index in [1.54, 1.807) is 24.3 Å². The van der Waals surface area contributed by atoms with Crippen molar-refractivity contribution in [1.82, 2.24) is 5.32 Å². The molecule has 1 heterocycles. The number of rotatable bonds is 9. The Morgan fingerprint density at radius 1 is 1.08 bits per heavy atom. The minimum absolute atomic E-state index is 0.0635. The van der Waals surface area contributed by atoms with Gasteiger partial charge >= 0.3 is 0 Å². The second-order valence-electron chi connectivity index (χ2n) is 8.49. The third-order valence-corrected chi connectivity index (χ3v) is 8.29. The average Bonchev–Trinajstić information content (AvgIpc) is 2.92. The molecule has 0 aliphatic carbocycles. The van der Waals surface area contributed by atoms with E-state index in [1.807, 2.05) is 24.3 Å². The van der Waals surface area contributed by atoms with Crippen molar-refractivity contribution in [2.24, 2.45) is 0 Å². The molecule has 0 saturated heterocycles. The van der Waals surface area contributed by atoms with E-state index in [9.17, 15) is 13.2 Å². The van der Waals surface area contributed by atoms with Crippen LogP contribution in [0.1, 0.15) is 19.4 Å². The normalized spacial score (nSPS) is 14.9. The number of amides is 1. The van der Waals surface area contributed by atoms with Crippen molar-refractivity contribution in [3.63, 3.8) is 0 Å². The number of sulfonamides is 1. The van der Waals surface area contributed by atoms with Crippen LogP contribution in [-0.2, 0) is 21.4 Å². The van der Waals surface area contributed by atoms with Crippen molar-refractivity contribution in [1.29, 1.82) is 0 Å². The molecule has 4 rings (SSSR count).